The molecule has 24 heavy (non-hydrogen) atoms. The number of amides is 1. The van der Waals surface area contributed by atoms with Crippen molar-refractivity contribution in [2.24, 2.45) is 11.7 Å². The van der Waals surface area contributed by atoms with Crippen LogP contribution in [0.15, 0.2) is 18.2 Å². The predicted octanol–water partition coefficient (Wildman–Crippen LogP) is 2.06. The predicted molar refractivity (Wildman–Crippen MR) is 94.9 cm³/mol. The maximum Gasteiger partial charge on any atom is 0.223 e. The van der Waals surface area contributed by atoms with Gasteiger partial charge in [0.15, 0.2) is 11.5 Å². The van der Waals surface area contributed by atoms with Crippen molar-refractivity contribution in [1.29, 1.82) is 0 Å². The molecular formula is C17H27ClN2O4. The van der Waals surface area contributed by atoms with Crippen LogP contribution in [0.3, 0.4) is 0 Å². The lowest BCUT2D eigenvalue weighted by molar-refractivity contribution is -0.124. The van der Waals surface area contributed by atoms with E-state index < -0.39 is 0 Å². The maximum absolute atomic E-state index is 12.2. The lowest BCUT2D eigenvalue weighted by Crippen LogP contribution is -2.36. The van der Waals surface area contributed by atoms with Crippen LogP contribution in [0.5, 0.6) is 11.5 Å². The van der Waals surface area contributed by atoms with E-state index in [1.807, 2.05) is 18.2 Å². The van der Waals surface area contributed by atoms with E-state index in [9.17, 15) is 4.79 Å². The summed E-state index contributed by atoms with van der Waals surface area (Å²) >= 11 is 0. The van der Waals surface area contributed by atoms with Gasteiger partial charge in [0, 0.05) is 13.7 Å². The molecule has 3 N–H and O–H groups in total. The van der Waals surface area contributed by atoms with E-state index in [-0.39, 0.29) is 42.8 Å². The van der Waals surface area contributed by atoms with Gasteiger partial charge in [0.2, 0.25) is 5.91 Å². The number of carbonyl (C=O) groups excluding carboxylic acids is 1. The molecule has 1 aliphatic rings. The summed E-state index contributed by atoms with van der Waals surface area (Å²) in [5.41, 5.74) is 6.57. The van der Waals surface area contributed by atoms with Gasteiger partial charge in [-0.2, -0.15) is 0 Å². The number of nitrogens with two attached hydrogens (primary N) is 1. The van der Waals surface area contributed by atoms with Crippen LogP contribution >= 0.6 is 12.4 Å². The molecule has 0 spiro atoms. The second-order valence-electron chi connectivity index (χ2n) is 5.99. The summed E-state index contributed by atoms with van der Waals surface area (Å²) in [5.74, 6) is 1.64. The van der Waals surface area contributed by atoms with Gasteiger partial charge >= 0.3 is 0 Å². The van der Waals surface area contributed by atoms with Crippen LogP contribution in [-0.4, -0.2) is 38.9 Å². The number of hydrogen-bond acceptors (Lipinski definition) is 5. The van der Waals surface area contributed by atoms with Crippen LogP contribution in [0.1, 0.15) is 31.9 Å². The zero-order valence-electron chi connectivity index (χ0n) is 14.4. The van der Waals surface area contributed by atoms with Crippen LogP contribution in [0, 0.1) is 5.92 Å². The van der Waals surface area contributed by atoms with E-state index in [1.54, 1.807) is 7.11 Å². The molecule has 2 unspecified atom stereocenters. The summed E-state index contributed by atoms with van der Waals surface area (Å²) in [7, 11) is 1.56. The number of rotatable bonds is 7. The first kappa shape index (κ1) is 20.5. The molecule has 0 saturated heterocycles. The first-order chi connectivity index (χ1) is 11.0. The Morgan fingerprint density at radius 3 is 2.54 bits per heavy atom. The van der Waals surface area contributed by atoms with E-state index in [0.717, 1.165) is 17.1 Å². The molecule has 7 heteroatoms. The number of hydrogen-bond donors (Lipinski definition) is 2. The van der Waals surface area contributed by atoms with Crippen molar-refractivity contribution in [2.45, 2.75) is 32.4 Å². The fourth-order valence-electron chi connectivity index (χ4n) is 2.59. The Morgan fingerprint density at radius 1 is 1.29 bits per heavy atom. The van der Waals surface area contributed by atoms with Crippen LogP contribution < -0.4 is 20.5 Å². The summed E-state index contributed by atoms with van der Waals surface area (Å²) in [6.45, 7) is 5.56. The summed E-state index contributed by atoms with van der Waals surface area (Å²) in [6.07, 6.45) is -0.0103. The molecule has 136 valence electrons. The molecule has 0 fully saturated rings. The van der Waals surface area contributed by atoms with Crippen molar-refractivity contribution in [2.75, 3.05) is 26.9 Å². The number of nitrogens with one attached hydrogen (secondary N) is 1. The minimum absolute atomic E-state index is 0. The summed E-state index contributed by atoms with van der Waals surface area (Å²) in [6, 6.07) is 5.70. The lowest BCUT2D eigenvalue weighted by atomic mass is 9.95. The number of carbonyl (C=O) groups is 1. The van der Waals surface area contributed by atoms with Crippen molar-refractivity contribution in [3.63, 3.8) is 0 Å². The second-order valence-corrected chi connectivity index (χ2v) is 5.99. The molecule has 6 nitrogen and oxygen atoms in total. The van der Waals surface area contributed by atoms with E-state index in [1.165, 1.54) is 0 Å². The highest BCUT2D eigenvalue weighted by atomic mass is 35.5. The molecule has 1 aliphatic heterocycles. The van der Waals surface area contributed by atoms with Crippen LogP contribution in [0.2, 0.25) is 0 Å². The Morgan fingerprint density at radius 2 is 1.96 bits per heavy atom. The average molecular weight is 359 g/mol. The third-order valence-electron chi connectivity index (χ3n) is 3.92. The average Bonchev–Trinajstić information content (AvgIpc) is 2.56. The lowest BCUT2D eigenvalue weighted by Gasteiger charge is -2.26. The third kappa shape index (κ3) is 5.26. The zero-order valence-corrected chi connectivity index (χ0v) is 15.2. The Bertz CT molecular complexity index is 535. The van der Waals surface area contributed by atoms with Crippen molar-refractivity contribution in [3.8, 4) is 11.5 Å². The molecule has 2 rings (SSSR count). The van der Waals surface area contributed by atoms with Gasteiger partial charge in [-0.15, -0.1) is 12.4 Å². The fourth-order valence-corrected chi connectivity index (χ4v) is 2.59. The van der Waals surface area contributed by atoms with Crippen molar-refractivity contribution in [1.82, 2.24) is 5.32 Å². The smallest absolute Gasteiger partial charge is 0.223 e. The third-order valence-corrected chi connectivity index (χ3v) is 3.92. The second kappa shape index (κ2) is 9.71. The quantitative estimate of drug-likeness (QED) is 0.779. The molecule has 1 heterocycles. The van der Waals surface area contributed by atoms with E-state index in [4.69, 9.17) is 19.9 Å². The molecule has 0 aliphatic carbocycles. The summed E-state index contributed by atoms with van der Waals surface area (Å²) < 4.78 is 16.3. The highest BCUT2D eigenvalue weighted by Gasteiger charge is 2.22. The van der Waals surface area contributed by atoms with E-state index in [2.05, 4.69) is 19.2 Å². The molecule has 0 saturated carbocycles. The first-order valence-electron chi connectivity index (χ1n) is 7.97. The van der Waals surface area contributed by atoms with Crippen molar-refractivity contribution >= 4 is 18.3 Å². The van der Waals surface area contributed by atoms with E-state index in [0.29, 0.717) is 19.8 Å². The van der Waals surface area contributed by atoms with E-state index >= 15 is 0 Å². The monoisotopic (exact) mass is 358 g/mol. The van der Waals surface area contributed by atoms with Gasteiger partial charge < -0.3 is 25.3 Å². The fraction of sp³-hybridized carbons (Fsp3) is 0.588. The molecule has 1 amide bonds. The normalized spacial score (nSPS) is 15.4. The van der Waals surface area contributed by atoms with Crippen LogP contribution in [0.25, 0.3) is 0 Å². The highest BCUT2D eigenvalue weighted by molar-refractivity contribution is 5.85. The molecule has 2 atom stereocenters. The minimum Gasteiger partial charge on any atom is -0.486 e. The number of halogens is 1. The number of methoxy groups -OCH3 is 1. The number of fused-ring (bicyclic) bond motifs is 1. The maximum atomic E-state index is 12.2. The topological polar surface area (TPSA) is 82.8 Å². The van der Waals surface area contributed by atoms with Gasteiger partial charge in [-0.1, -0.05) is 19.9 Å². The standard InChI is InChI=1S/C17H26N2O4.ClH/c1-11(2)17(19-16(20)9-13(10-18)21-3)12-4-5-14-15(8-12)23-7-6-22-14;/h4-5,8,11,13,17H,6-7,9-10,18H2,1-3H3,(H,19,20);1H. The van der Waals surface area contributed by atoms with Crippen molar-refractivity contribution in [3.05, 3.63) is 23.8 Å². The molecule has 0 aromatic heterocycles. The zero-order chi connectivity index (χ0) is 16.8. The van der Waals surface area contributed by atoms with Gasteiger partial charge in [0.1, 0.15) is 13.2 Å². The van der Waals surface area contributed by atoms with Gasteiger partial charge in [-0.05, 0) is 23.6 Å². The molecular weight excluding hydrogens is 332 g/mol. The molecule has 1 aromatic carbocycles. The Balaban J connectivity index is 0.00000288. The molecule has 0 bridgehead atoms. The van der Waals surface area contributed by atoms with Gasteiger partial charge in [0.05, 0.1) is 18.6 Å². The largest absolute Gasteiger partial charge is 0.486 e. The molecule has 0 radical (unpaired) electrons. The first-order valence-corrected chi connectivity index (χ1v) is 7.97. The number of ether oxygens (including phenoxy) is 3. The van der Waals surface area contributed by atoms with Gasteiger partial charge in [0.25, 0.3) is 0 Å². The Kier molecular flexibility index (Phi) is 8.31. The summed E-state index contributed by atoms with van der Waals surface area (Å²) in [4.78, 5) is 12.2. The number of benzene rings is 1. The Labute approximate surface area is 149 Å². The summed E-state index contributed by atoms with van der Waals surface area (Å²) in [5, 5.41) is 3.07. The molecule has 1 aromatic rings. The van der Waals surface area contributed by atoms with Crippen molar-refractivity contribution < 1.29 is 19.0 Å². The van der Waals surface area contributed by atoms with Crippen LogP contribution in [-0.2, 0) is 9.53 Å². The SMILES string of the molecule is COC(CN)CC(=O)NC(c1ccc2c(c1)OCCO2)C(C)C.Cl. The van der Waals surface area contributed by atoms with Gasteiger partial charge in [-0.3, -0.25) is 4.79 Å². The van der Waals surface area contributed by atoms with Gasteiger partial charge in [-0.25, -0.2) is 0 Å². The Hall–Kier alpha value is -1.50. The van der Waals surface area contributed by atoms with Crippen LogP contribution in [0.4, 0.5) is 0 Å². The highest BCUT2D eigenvalue weighted by Crippen LogP contribution is 2.34. The minimum atomic E-state index is -0.261.